The first kappa shape index (κ1) is 21.6. The van der Waals surface area contributed by atoms with Crippen LogP contribution in [0.25, 0.3) is 0 Å². The van der Waals surface area contributed by atoms with Crippen LogP contribution in [0.3, 0.4) is 0 Å². The normalized spacial score (nSPS) is 20.8. The van der Waals surface area contributed by atoms with Gasteiger partial charge in [-0.15, -0.1) is 0 Å². The molecule has 0 aliphatic carbocycles. The highest BCUT2D eigenvalue weighted by Gasteiger charge is 2.33. The van der Waals surface area contributed by atoms with Crippen LogP contribution in [-0.2, 0) is 16.0 Å². The fourth-order valence-corrected chi connectivity index (χ4v) is 5.69. The smallest absolute Gasteiger partial charge is 0.248 e. The molecular weight excluding hydrogens is 375 g/mol. The Morgan fingerprint density at radius 2 is 1.86 bits per heavy atom. The number of ether oxygens (including phenoxy) is 1. The third-order valence-corrected chi connectivity index (χ3v) is 7.39. The standard InChI is InChI=1S/C22H33FN2O2S/c1-24(22(26)16-27-2)21(15-17-3-5-19(23)6-4-17)18-7-11-25(12-8-18)20-9-13-28-14-10-20/h3-6,18,20-21H,7-16H2,1-2H3. The number of carbonyl (C=O) groups excluding carboxylic acids is 1. The molecule has 4 nitrogen and oxygen atoms in total. The predicted octanol–water partition coefficient (Wildman–Crippen LogP) is 3.45. The van der Waals surface area contributed by atoms with Gasteiger partial charge in [-0.05, 0) is 80.3 Å². The van der Waals surface area contributed by atoms with E-state index in [0.717, 1.165) is 44.0 Å². The number of likely N-dealkylation sites (N-methyl/N-ethyl adjacent to an activating group) is 1. The fraction of sp³-hybridized carbons (Fsp3) is 0.682. The lowest BCUT2D eigenvalue weighted by Crippen LogP contribution is -2.50. The molecule has 1 amide bonds. The Hall–Kier alpha value is -1.11. The predicted molar refractivity (Wildman–Crippen MR) is 113 cm³/mol. The molecule has 3 rings (SSSR count). The Balaban J connectivity index is 1.66. The molecule has 2 aliphatic heterocycles. The number of thioether (sulfide) groups is 1. The fourth-order valence-electron chi connectivity index (χ4n) is 4.61. The number of piperidine rings is 1. The highest BCUT2D eigenvalue weighted by molar-refractivity contribution is 7.99. The van der Waals surface area contributed by atoms with E-state index in [1.165, 1.54) is 36.5 Å². The number of halogens is 1. The topological polar surface area (TPSA) is 32.8 Å². The van der Waals surface area contributed by atoms with Crippen LogP contribution in [0, 0.1) is 11.7 Å². The summed E-state index contributed by atoms with van der Waals surface area (Å²) in [4.78, 5) is 17.0. The molecular formula is C22H33FN2O2S. The Bertz CT molecular complexity index is 613. The van der Waals surface area contributed by atoms with Crippen molar-refractivity contribution in [2.45, 2.75) is 44.2 Å². The van der Waals surface area contributed by atoms with Crippen molar-refractivity contribution in [2.24, 2.45) is 5.92 Å². The summed E-state index contributed by atoms with van der Waals surface area (Å²) in [6.45, 7) is 2.34. The summed E-state index contributed by atoms with van der Waals surface area (Å²) >= 11 is 2.07. The van der Waals surface area contributed by atoms with Crippen LogP contribution in [0.15, 0.2) is 24.3 Å². The number of hydrogen-bond acceptors (Lipinski definition) is 4. The van der Waals surface area contributed by atoms with Gasteiger partial charge in [-0.1, -0.05) is 12.1 Å². The molecule has 6 heteroatoms. The Labute approximate surface area is 172 Å². The number of benzene rings is 1. The summed E-state index contributed by atoms with van der Waals surface area (Å²) in [6.07, 6.45) is 5.60. The summed E-state index contributed by atoms with van der Waals surface area (Å²) in [6, 6.07) is 7.56. The molecule has 2 saturated heterocycles. The molecule has 1 aromatic rings. The van der Waals surface area contributed by atoms with E-state index in [1.54, 1.807) is 7.11 Å². The zero-order valence-corrected chi connectivity index (χ0v) is 17.9. The first-order chi connectivity index (χ1) is 13.6. The molecule has 1 unspecified atom stereocenters. The number of hydrogen-bond donors (Lipinski definition) is 0. The zero-order valence-electron chi connectivity index (χ0n) is 17.1. The van der Waals surface area contributed by atoms with Crippen molar-refractivity contribution in [3.05, 3.63) is 35.6 Å². The lowest BCUT2D eigenvalue weighted by molar-refractivity contribution is -0.137. The lowest BCUT2D eigenvalue weighted by Gasteiger charge is -2.43. The Morgan fingerprint density at radius 1 is 1.21 bits per heavy atom. The molecule has 0 saturated carbocycles. The number of rotatable bonds is 7. The molecule has 0 aromatic heterocycles. The minimum absolute atomic E-state index is 0.0151. The van der Waals surface area contributed by atoms with Crippen LogP contribution < -0.4 is 0 Å². The van der Waals surface area contributed by atoms with Gasteiger partial charge in [-0.2, -0.15) is 11.8 Å². The van der Waals surface area contributed by atoms with Crippen LogP contribution in [0.5, 0.6) is 0 Å². The van der Waals surface area contributed by atoms with Crippen molar-refractivity contribution in [3.63, 3.8) is 0 Å². The summed E-state index contributed by atoms with van der Waals surface area (Å²) in [5.41, 5.74) is 1.08. The van der Waals surface area contributed by atoms with Gasteiger partial charge in [0.25, 0.3) is 0 Å². The van der Waals surface area contributed by atoms with Crippen LogP contribution >= 0.6 is 11.8 Å². The first-order valence-corrected chi connectivity index (χ1v) is 11.5. The van der Waals surface area contributed by atoms with E-state index in [4.69, 9.17) is 4.74 Å². The molecule has 0 radical (unpaired) electrons. The van der Waals surface area contributed by atoms with Gasteiger partial charge in [0, 0.05) is 26.2 Å². The molecule has 2 aliphatic rings. The van der Waals surface area contributed by atoms with E-state index in [1.807, 2.05) is 24.1 Å². The molecule has 1 atom stereocenters. The van der Waals surface area contributed by atoms with Crippen molar-refractivity contribution < 1.29 is 13.9 Å². The van der Waals surface area contributed by atoms with Gasteiger partial charge < -0.3 is 14.5 Å². The quantitative estimate of drug-likeness (QED) is 0.692. The van der Waals surface area contributed by atoms with Crippen molar-refractivity contribution >= 4 is 17.7 Å². The minimum Gasteiger partial charge on any atom is -0.375 e. The average molecular weight is 409 g/mol. The highest BCUT2D eigenvalue weighted by Crippen LogP contribution is 2.30. The monoisotopic (exact) mass is 408 g/mol. The second kappa shape index (κ2) is 10.6. The van der Waals surface area contributed by atoms with Crippen molar-refractivity contribution in [3.8, 4) is 0 Å². The second-order valence-corrected chi connectivity index (χ2v) is 9.28. The SMILES string of the molecule is COCC(=O)N(C)C(Cc1ccc(F)cc1)C1CCN(C2CCSCC2)CC1. The van der Waals surface area contributed by atoms with Crippen LogP contribution in [0.1, 0.15) is 31.2 Å². The first-order valence-electron chi connectivity index (χ1n) is 10.4. The third-order valence-electron chi connectivity index (χ3n) is 6.34. The maximum absolute atomic E-state index is 13.3. The van der Waals surface area contributed by atoms with Gasteiger partial charge in [-0.3, -0.25) is 4.79 Å². The Morgan fingerprint density at radius 3 is 2.46 bits per heavy atom. The molecule has 0 bridgehead atoms. The number of likely N-dealkylation sites (tertiary alicyclic amines) is 1. The van der Waals surface area contributed by atoms with Gasteiger partial charge in [0.2, 0.25) is 5.91 Å². The van der Waals surface area contributed by atoms with E-state index >= 15 is 0 Å². The lowest BCUT2D eigenvalue weighted by atomic mass is 9.84. The average Bonchev–Trinajstić information content (AvgIpc) is 2.74. The molecule has 28 heavy (non-hydrogen) atoms. The second-order valence-electron chi connectivity index (χ2n) is 8.05. The van der Waals surface area contributed by atoms with Crippen molar-refractivity contribution in [1.29, 1.82) is 0 Å². The highest BCUT2D eigenvalue weighted by atomic mass is 32.2. The summed E-state index contributed by atoms with van der Waals surface area (Å²) in [7, 11) is 3.45. The number of carbonyl (C=O) groups is 1. The van der Waals surface area contributed by atoms with Gasteiger partial charge >= 0.3 is 0 Å². The van der Waals surface area contributed by atoms with Gasteiger partial charge in [-0.25, -0.2) is 4.39 Å². The van der Waals surface area contributed by atoms with E-state index in [2.05, 4.69) is 16.7 Å². The summed E-state index contributed by atoms with van der Waals surface area (Å²) in [5.74, 6) is 2.83. The molecule has 2 fully saturated rings. The summed E-state index contributed by atoms with van der Waals surface area (Å²) in [5, 5.41) is 0. The molecule has 0 N–H and O–H groups in total. The summed E-state index contributed by atoms with van der Waals surface area (Å²) < 4.78 is 18.4. The zero-order chi connectivity index (χ0) is 19.9. The van der Waals surface area contributed by atoms with Crippen molar-refractivity contribution in [2.75, 3.05) is 45.4 Å². The van der Waals surface area contributed by atoms with E-state index < -0.39 is 0 Å². The molecule has 1 aromatic carbocycles. The van der Waals surface area contributed by atoms with Gasteiger partial charge in [0.1, 0.15) is 12.4 Å². The van der Waals surface area contributed by atoms with Crippen LogP contribution in [-0.4, -0.2) is 73.2 Å². The maximum atomic E-state index is 13.3. The van der Waals surface area contributed by atoms with Crippen LogP contribution in [0.4, 0.5) is 4.39 Å². The molecule has 0 spiro atoms. The van der Waals surface area contributed by atoms with E-state index in [-0.39, 0.29) is 24.4 Å². The van der Waals surface area contributed by atoms with Gasteiger partial charge in [0.15, 0.2) is 0 Å². The number of nitrogens with zero attached hydrogens (tertiary/aromatic N) is 2. The van der Waals surface area contributed by atoms with Crippen molar-refractivity contribution in [1.82, 2.24) is 9.80 Å². The minimum atomic E-state index is -0.219. The van der Waals surface area contributed by atoms with E-state index in [0.29, 0.717) is 5.92 Å². The van der Waals surface area contributed by atoms with E-state index in [9.17, 15) is 9.18 Å². The number of amides is 1. The molecule has 156 valence electrons. The third kappa shape index (κ3) is 5.71. The largest absolute Gasteiger partial charge is 0.375 e. The number of methoxy groups -OCH3 is 1. The van der Waals surface area contributed by atoms with Crippen LogP contribution in [0.2, 0.25) is 0 Å². The molecule has 2 heterocycles. The Kier molecular flexibility index (Phi) is 8.18. The van der Waals surface area contributed by atoms with Gasteiger partial charge in [0.05, 0.1) is 0 Å². The maximum Gasteiger partial charge on any atom is 0.248 e.